The number of halogens is 4. The molecule has 2 aromatic heterocycles. The molecule has 45 heavy (non-hydrogen) atoms. The quantitative estimate of drug-likeness (QED) is 0.287. The van der Waals surface area contributed by atoms with E-state index in [1.165, 1.54) is 18.3 Å². The van der Waals surface area contributed by atoms with Crippen molar-refractivity contribution in [1.82, 2.24) is 24.6 Å². The zero-order valence-electron chi connectivity index (χ0n) is 24.2. The summed E-state index contributed by atoms with van der Waals surface area (Å²) < 4.78 is 92.6. The summed E-state index contributed by atoms with van der Waals surface area (Å²) in [5, 5.41) is 10.4. The van der Waals surface area contributed by atoms with Gasteiger partial charge in [-0.25, -0.2) is 30.7 Å². The molecule has 0 bridgehead atoms. The van der Waals surface area contributed by atoms with Crippen molar-refractivity contribution in [2.45, 2.75) is 43.4 Å². The number of phenolic OH excluding ortho intramolecular Hbond substituents is 1. The summed E-state index contributed by atoms with van der Waals surface area (Å²) >= 11 is 0. The number of rotatable bonds is 7. The number of alkyl halides is 1. The third-order valence-electron chi connectivity index (χ3n) is 8.99. The van der Waals surface area contributed by atoms with E-state index in [9.17, 15) is 22.3 Å². The Bertz CT molecular complexity index is 1950. The number of benzene rings is 2. The predicted octanol–water partition coefficient (Wildman–Crippen LogP) is 4.05. The molecule has 7 rings (SSSR count). The van der Waals surface area contributed by atoms with Gasteiger partial charge in [-0.3, -0.25) is 9.88 Å². The molecule has 3 atom stereocenters. The molecular weight excluding hydrogens is 616 g/mol. The second-order valence-electron chi connectivity index (χ2n) is 12.2. The summed E-state index contributed by atoms with van der Waals surface area (Å²) in [4.78, 5) is 17.0. The molecule has 4 aromatic rings. The number of fused-ring (bicyclic) bond motifs is 3. The summed E-state index contributed by atoms with van der Waals surface area (Å²) in [6.07, 6.45) is 3.76. The SMILES string of the molecule is CS(=O)(=O)NC1CCN(c2nc(OC[C@@]34CCCN3C[C@H](F)C4)nc3c(F)c(-c4cc(O)cc5ccc(F)c(F)c45)ncc23)C1. The molecule has 2 aromatic carbocycles. The fourth-order valence-electron chi connectivity index (χ4n) is 7.08. The Kier molecular flexibility index (Phi) is 7.24. The van der Waals surface area contributed by atoms with E-state index in [0.29, 0.717) is 25.9 Å². The molecule has 3 aliphatic heterocycles. The number of aromatic nitrogens is 3. The van der Waals surface area contributed by atoms with E-state index in [-0.39, 0.29) is 63.7 Å². The van der Waals surface area contributed by atoms with Crippen LogP contribution in [0.4, 0.5) is 23.4 Å². The van der Waals surface area contributed by atoms with Crippen LogP contribution >= 0.6 is 0 Å². The molecule has 10 nitrogen and oxygen atoms in total. The number of aromatic hydroxyl groups is 1. The fraction of sp³-hybridized carbons (Fsp3) is 0.433. The van der Waals surface area contributed by atoms with Gasteiger partial charge >= 0.3 is 6.01 Å². The first-order chi connectivity index (χ1) is 21.4. The number of pyridine rings is 1. The maximum atomic E-state index is 16.5. The number of phenols is 1. The van der Waals surface area contributed by atoms with Crippen LogP contribution in [0.1, 0.15) is 25.7 Å². The average Bonchev–Trinajstić information content (AvgIpc) is 3.67. The molecule has 5 heterocycles. The summed E-state index contributed by atoms with van der Waals surface area (Å²) in [5.74, 6) is -3.40. The van der Waals surface area contributed by atoms with Crippen molar-refractivity contribution in [3.63, 3.8) is 0 Å². The van der Waals surface area contributed by atoms with Crippen LogP contribution in [0.5, 0.6) is 11.8 Å². The number of anilines is 1. The van der Waals surface area contributed by atoms with E-state index in [1.54, 1.807) is 4.90 Å². The standard InChI is InChI=1S/C30H30F4N6O4S/c1-45(42,43)38-18-5-8-39(14-18)28-21-12-35-26(20-10-19(41)9-16-3-4-22(32)24(33)23(16)20)25(34)27(21)36-29(37-28)44-15-30-6-2-7-40(30)13-17(31)11-30/h3-4,9-10,12,17-18,38,41H,2,5-8,11,13-15H2,1H3/t17-,18?,30+/m1/s1. The Morgan fingerprint density at radius 1 is 1.13 bits per heavy atom. The summed E-state index contributed by atoms with van der Waals surface area (Å²) in [6.45, 7) is 1.75. The van der Waals surface area contributed by atoms with Gasteiger partial charge in [-0.15, -0.1) is 0 Å². The number of ether oxygens (including phenoxy) is 1. The highest BCUT2D eigenvalue weighted by atomic mass is 32.2. The van der Waals surface area contributed by atoms with Crippen LogP contribution < -0.4 is 14.4 Å². The Hall–Kier alpha value is -3.82. The predicted molar refractivity (Wildman–Crippen MR) is 159 cm³/mol. The Balaban J connectivity index is 1.34. The molecule has 0 amide bonds. The Morgan fingerprint density at radius 3 is 2.76 bits per heavy atom. The Labute approximate surface area is 256 Å². The van der Waals surface area contributed by atoms with Crippen LogP contribution in [-0.4, -0.2) is 90.2 Å². The minimum atomic E-state index is -3.49. The second-order valence-corrected chi connectivity index (χ2v) is 13.9. The monoisotopic (exact) mass is 646 g/mol. The van der Waals surface area contributed by atoms with Gasteiger partial charge in [0, 0.05) is 49.2 Å². The zero-order chi connectivity index (χ0) is 31.7. The fourth-order valence-corrected chi connectivity index (χ4v) is 7.88. The maximum Gasteiger partial charge on any atom is 0.319 e. The van der Waals surface area contributed by atoms with Crippen LogP contribution in [0.2, 0.25) is 0 Å². The van der Waals surface area contributed by atoms with Gasteiger partial charge in [0.2, 0.25) is 10.0 Å². The van der Waals surface area contributed by atoms with Gasteiger partial charge in [-0.1, -0.05) is 6.07 Å². The van der Waals surface area contributed by atoms with Crippen LogP contribution in [0.25, 0.3) is 32.9 Å². The molecule has 3 fully saturated rings. The van der Waals surface area contributed by atoms with Crippen molar-refractivity contribution < 1.29 is 35.8 Å². The zero-order valence-corrected chi connectivity index (χ0v) is 25.1. The van der Waals surface area contributed by atoms with E-state index >= 15 is 8.78 Å². The van der Waals surface area contributed by atoms with Crippen molar-refractivity contribution in [3.8, 4) is 23.0 Å². The molecule has 1 unspecified atom stereocenters. The molecule has 238 valence electrons. The number of nitrogens with one attached hydrogen (secondary N) is 1. The first kappa shape index (κ1) is 29.9. The lowest BCUT2D eigenvalue weighted by Gasteiger charge is -2.31. The van der Waals surface area contributed by atoms with Crippen molar-refractivity contribution in [2.75, 3.05) is 43.9 Å². The van der Waals surface area contributed by atoms with Crippen LogP contribution in [0, 0.1) is 17.5 Å². The molecule has 0 aliphatic carbocycles. The molecule has 3 aliphatic rings. The van der Waals surface area contributed by atoms with Gasteiger partial charge < -0.3 is 14.7 Å². The molecule has 3 saturated heterocycles. The first-order valence-corrected chi connectivity index (χ1v) is 16.5. The van der Waals surface area contributed by atoms with E-state index in [4.69, 9.17) is 4.74 Å². The topological polar surface area (TPSA) is 121 Å². The largest absolute Gasteiger partial charge is 0.508 e. The first-order valence-electron chi connectivity index (χ1n) is 14.6. The third kappa shape index (κ3) is 5.40. The lowest BCUT2D eigenvalue weighted by atomic mass is 9.95. The number of hydrogen-bond donors (Lipinski definition) is 2. The van der Waals surface area contributed by atoms with Crippen molar-refractivity contribution in [1.29, 1.82) is 0 Å². The van der Waals surface area contributed by atoms with E-state index < -0.39 is 45.2 Å². The molecule has 2 N–H and O–H groups in total. The van der Waals surface area contributed by atoms with Gasteiger partial charge in [-0.2, -0.15) is 9.97 Å². The lowest BCUT2D eigenvalue weighted by Crippen LogP contribution is -2.43. The Morgan fingerprint density at radius 2 is 1.96 bits per heavy atom. The van der Waals surface area contributed by atoms with Crippen LogP contribution in [0.3, 0.4) is 0 Å². The van der Waals surface area contributed by atoms with Crippen molar-refractivity contribution in [2.24, 2.45) is 0 Å². The normalized spacial score (nSPS) is 23.8. The summed E-state index contributed by atoms with van der Waals surface area (Å²) in [5.41, 5.74) is -1.30. The van der Waals surface area contributed by atoms with E-state index in [0.717, 1.165) is 37.8 Å². The number of sulfonamides is 1. The van der Waals surface area contributed by atoms with E-state index in [2.05, 4.69) is 24.6 Å². The summed E-state index contributed by atoms with van der Waals surface area (Å²) in [6, 6.07) is 3.93. The highest BCUT2D eigenvalue weighted by molar-refractivity contribution is 7.88. The van der Waals surface area contributed by atoms with Gasteiger partial charge in [-0.05, 0) is 49.4 Å². The highest BCUT2D eigenvalue weighted by Crippen LogP contribution is 2.41. The average molecular weight is 647 g/mol. The molecule has 0 saturated carbocycles. The van der Waals surface area contributed by atoms with Crippen molar-refractivity contribution >= 4 is 37.5 Å². The van der Waals surface area contributed by atoms with Gasteiger partial charge in [0.1, 0.15) is 35.6 Å². The second kappa shape index (κ2) is 10.9. The third-order valence-corrected chi connectivity index (χ3v) is 9.75. The molecule has 0 radical (unpaired) electrons. The van der Waals surface area contributed by atoms with Gasteiger partial charge in [0.05, 0.1) is 17.2 Å². The van der Waals surface area contributed by atoms with Gasteiger partial charge in [0.25, 0.3) is 0 Å². The highest BCUT2D eigenvalue weighted by Gasteiger charge is 2.49. The molecule has 0 spiro atoms. The molecule has 15 heteroatoms. The summed E-state index contributed by atoms with van der Waals surface area (Å²) in [7, 11) is -3.49. The van der Waals surface area contributed by atoms with Crippen molar-refractivity contribution in [3.05, 3.63) is 47.9 Å². The van der Waals surface area contributed by atoms with Gasteiger partial charge in [0.15, 0.2) is 17.5 Å². The van der Waals surface area contributed by atoms with E-state index in [1.807, 2.05) is 0 Å². The number of nitrogens with zero attached hydrogens (tertiary/aromatic N) is 5. The molecular formula is C30H30F4N6O4S. The number of hydrogen-bond acceptors (Lipinski definition) is 9. The minimum Gasteiger partial charge on any atom is -0.508 e. The smallest absolute Gasteiger partial charge is 0.319 e. The van der Waals surface area contributed by atoms with Crippen LogP contribution in [-0.2, 0) is 10.0 Å². The minimum absolute atomic E-state index is 0.0812. The maximum absolute atomic E-state index is 16.5. The lowest BCUT2D eigenvalue weighted by molar-refractivity contribution is 0.107. The van der Waals surface area contributed by atoms with Crippen LogP contribution in [0.15, 0.2) is 30.5 Å².